The molecule has 2 heteroatoms. The van der Waals surface area contributed by atoms with Gasteiger partial charge in [-0.3, -0.25) is 0 Å². The molecule has 0 unspecified atom stereocenters. The standard InChI is InChI=1S/C14H23NO/c16-13-7-6-12-15-11-5-4-10-14-8-2-1-3-9-14/h1-3,8-9,15-16H,4-7,10-13H2. The molecule has 0 saturated heterocycles. The van der Waals surface area contributed by atoms with E-state index in [0.29, 0.717) is 6.61 Å². The van der Waals surface area contributed by atoms with Crippen molar-refractivity contribution in [2.45, 2.75) is 32.1 Å². The molecule has 16 heavy (non-hydrogen) atoms. The van der Waals surface area contributed by atoms with E-state index in [9.17, 15) is 0 Å². The van der Waals surface area contributed by atoms with Gasteiger partial charge in [0.05, 0.1) is 0 Å². The predicted molar refractivity (Wildman–Crippen MR) is 68.6 cm³/mol. The first-order valence-electron chi connectivity index (χ1n) is 6.29. The normalized spacial score (nSPS) is 10.6. The van der Waals surface area contributed by atoms with Gasteiger partial charge in [0.1, 0.15) is 0 Å². The smallest absolute Gasteiger partial charge is 0.0431 e. The lowest BCUT2D eigenvalue weighted by atomic mass is 10.1. The van der Waals surface area contributed by atoms with Crippen LogP contribution in [0.2, 0.25) is 0 Å². The summed E-state index contributed by atoms with van der Waals surface area (Å²) in [6, 6.07) is 10.6. The Kier molecular flexibility index (Phi) is 7.74. The lowest BCUT2D eigenvalue weighted by Gasteiger charge is -2.04. The van der Waals surface area contributed by atoms with E-state index in [1.807, 2.05) is 0 Å². The molecule has 0 aromatic heterocycles. The SMILES string of the molecule is OCCCCNCCCCc1ccccc1. The van der Waals surface area contributed by atoms with Crippen LogP contribution in [-0.4, -0.2) is 24.8 Å². The molecule has 0 radical (unpaired) electrons. The maximum atomic E-state index is 8.61. The van der Waals surface area contributed by atoms with Crippen LogP contribution in [0.1, 0.15) is 31.2 Å². The molecule has 2 nitrogen and oxygen atoms in total. The molecule has 0 heterocycles. The average molecular weight is 221 g/mol. The highest BCUT2D eigenvalue weighted by Crippen LogP contribution is 2.03. The molecule has 1 aromatic rings. The number of hydrogen-bond acceptors (Lipinski definition) is 2. The molecule has 0 aliphatic carbocycles. The highest BCUT2D eigenvalue weighted by atomic mass is 16.2. The summed E-state index contributed by atoms with van der Waals surface area (Å²) in [5.41, 5.74) is 1.43. The van der Waals surface area contributed by atoms with E-state index in [2.05, 4.69) is 35.6 Å². The van der Waals surface area contributed by atoms with Crippen molar-refractivity contribution in [1.29, 1.82) is 0 Å². The summed E-state index contributed by atoms with van der Waals surface area (Å²) in [6.07, 6.45) is 5.65. The fraction of sp³-hybridized carbons (Fsp3) is 0.571. The van der Waals surface area contributed by atoms with Gasteiger partial charge >= 0.3 is 0 Å². The number of aliphatic hydroxyl groups is 1. The molecule has 0 aliphatic rings. The second-order valence-electron chi connectivity index (χ2n) is 4.12. The Morgan fingerprint density at radius 3 is 2.25 bits per heavy atom. The number of nitrogens with one attached hydrogen (secondary N) is 1. The Bertz CT molecular complexity index is 248. The molecule has 2 N–H and O–H groups in total. The zero-order valence-electron chi connectivity index (χ0n) is 9.99. The van der Waals surface area contributed by atoms with Crippen molar-refractivity contribution in [2.24, 2.45) is 0 Å². The largest absolute Gasteiger partial charge is 0.396 e. The van der Waals surface area contributed by atoms with Gasteiger partial charge in [-0.05, 0) is 50.8 Å². The minimum atomic E-state index is 0.315. The Balaban J connectivity index is 1.89. The molecular weight excluding hydrogens is 198 g/mol. The molecular formula is C14H23NO. The Morgan fingerprint density at radius 1 is 0.875 bits per heavy atom. The van der Waals surface area contributed by atoms with E-state index < -0.39 is 0 Å². The highest BCUT2D eigenvalue weighted by molar-refractivity contribution is 5.14. The van der Waals surface area contributed by atoms with Crippen molar-refractivity contribution < 1.29 is 5.11 Å². The first-order chi connectivity index (χ1) is 7.93. The van der Waals surface area contributed by atoms with E-state index in [1.165, 1.54) is 24.8 Å². The topological polar surface area (TPSA) is 32.3 Å². The van der Waals surface area contributed by atoms with Crippen LogP contribution in [0.5, 0.6) is 0 Å². The van der Waals surface area contributed by atoms with E-state index in [1.54, 1.807) is 0 Å². The number of unbranched alkanes of at least 4 members (excludes halogenated alkanes) is 2. The lowest BCUT2D eigenvalue weighted by molar-refractivity contribution is 0.283. The van der Waals surface area contributed by atoms with Crippen LogP contribution >= 0.6 is 0 Å². The first-order valence-corrected chi connectivity index (χ1v) is 6.29. The maximum Gasteiger partial charge on any atom is 0.0431 e. The van der Waals surface area contributed by atoms with E-state index in [0.717, 1.165) is 25.9 Å². The van der Waals surface area contributed by atoms with Gasteiger partial charge in [-0.2, -0.15) is 0 Å². The minimum Gasteiger partial charge on any atom is -0.396 e. The number of aryl methyl sites for hydroxylation is 1. The molecule has 0 spiro atoms. The summed E-state index contributed by atoms with van der Waals surface area (Å²) < 4.78 is 0. The molecule has 1 aromatic carbocycles. The fourth-order valence-electron chi connectivity index (χ4n) is 1.71. The van der Waals surface area contributed by atoms with Gasteiger partial charge in [0.25, 0.3) is 0 Å². The van der Waals surface area contributed by atoms with Gasteiger partial charge < -0.3 is 10.4 Å². The van der Waals surface area contributed by atoms with Gasteiger partial charge in [0, 0.05) is 6.61 Å². The number of hydrogen-bond donors (Lipinski definition) is 2. The second-order valence-corrected chi connectivity index (χ2v) is 4.12. The summed E-state index contributed by atoms with van der Waals surface area (Å²) in [4.78, 5) is 0. The van der Waals surface area contributed by atoms with Crippen LogP contribution in [0.4, 0.5) is 0 Å². The van der Waals surface area contributed by atoms with Crippen molar-refractivity contribution in [3.05, 3.63) is 35.9 Å². The summed E-state index contributed by atoms with van der Waals surface area (Å²) in [5, 5.41) is 12.0. The monoisotopic (exact) mass is 221 g/mol. The third-order valence-corrected chi connectivity index (χ3v) is 2.67. The van der Waals surface area contributed by atoms with Crippen LogP contribution in [0.15, 0.2) is 30.3 Å². The van der Waals surface area contributed by atoms with Crippen molar-refractivity contribution >= 4 is 0 Å². The van der Waals surface area contributed by atoms with Gasteiger partial charge in [-0.25, -0.2) is 0 Å². The molecule has 0 atom stereocenters. The predicted octanol–water partition coefficient (Wildman–Crippen LogP) is 2.37. The molecule has 0 aliphatic heterocycles. The Hall–Kier alpha value is -0.860. The molecule has 0 saturated carbocycles. The Labute approximate surface area is 98.7 Å². The molecule has 0 amide bonds. The minimum absolute atomic E-state index is 0.315. The number of benzene rings is 1. The average Bonchev–Trinajstić information content (AvgIpc) is 2.34. The summed E-state index contributed by atoms with van der Waals surface area (Å²) in [6.45, 7) is 2.44. The van der Waals surface area contributed by atoms with E-state index >= 15 is 0 Å². The third-order valence-electron chi connectivity index (χ3n) is 2.67. The quantitative estimate of drug-likeness (QED) is 0.627. The van der Waals surface area contributed by atoms with Crippen molar-refractivity contribution in [3.63, 3.8) is 0 Å². The highest BCUT2D eigenvalue weighted by Gasteiger charge is 1.92. The maximum absolute atomic E-state index is 8.61. The molecule has 90 valence electrons. The zero-order chi connectivity index (χ0) is 11.5. The van der Waals surface area contributed by atoms with Crippen molar-refractivity contribution in [2.75, 3.05) is 19.7 Å². The first kappa shape index (κ1) is 13.2. The Morgan fingerprint density at radius 2 is 1.56 bits per heavy atom. The van der Waals surface area contributed by atoms with E-state index in [-0.39, 0.29) is 0 Å². The van der Waals surface area contributed by atoms with Crippen LogP contribution in [0.3, 0.4) is 0 Å². The fourth-order valence-corrected chi connectivity index (χ4v) is 1.71. The number of aliphatic hydroxyl groups excluding tert-OH is 1. The molecule has 1 rings (SSSR count). The summed E-state index contributed by atoms with van der Waals surface area (Å²) in [5.74, 6) is 0. The van der Waals surface area contributed by atoms with Crippen LogP contribution in [0.25, 0.3) is 0 Å². The molecule has 0 bridgehead atoms. The summed E-state index contributed by atoms with van der Waals surface area (Å²) in [7, 11) is 0. The van der Waals surface area contributed by atoms with Crippen molar-refractivity contribution in [3.8, 4) is 0 Å². The van der Waals surface area contributed by atoms with E-state index in [4.69, 9.17) is 5.11 Å². The summed E-state index contributed by atoms with van der Waals surface area (Å²) >= 11 is 0. The zero-order valence-corrected chi connectivity index (χ0v) is 9.99. The second kappa shape index (κ2) is 9.37. The van der Waals surface area contributed by atoms with Crippen molar-refractivity contribution in [1.82, 2.24) is 5.32 Å². The van der Waals surface area contributed by atoms with Gasteiger partial charge in [-0.1, -0.05) is 30.3 Å². The van der Waals surface area contributed by atoms with Gasteiger partial charge in [0.2, 0.25) is 0 Å². The van der Waals surface area contributed by atoms with Crippen LogP contribution in [-0.2, 0) is 6.42 Å². The molecule has 0 fully saturated rings. The lowest BCUT2D eigenvalue weighted by Crippen LogP contribution is -2.17. The van der Waals surface area contributed by atoms with Crippen LogP contribution in [0, 0.1) is 0 Å². The van der Waals surface area contributed by atoms with Gasteiger partial charge in [-0.15, -0.1) is 0 Å². The third kappa shape index (κ3) is 6.59. The van der Waals surface area contributed by atoms with Crippen LogP contribution < -0.4 is 5.32 Å². The van der Waals surface area contributed by atoms with Gasteiger partial charge in [0.15, 0.2) is 0 Å². The number of rotatable bonds is 9.